The first-order valence-electron chi connectivity index (χ1n) is 4.54. The van der Waals surface area contributed by atoms with Crippen molar-refractivity contribution in [2.45, 2.75) is 45.0 Å². The van der Waals surface area contributed by atoms with Gasteiger partial charge >= 0.3 is 5.97 Å². The molecule has 78 valence electrons. The van der Waals surface area contributed by atoms with Crippen LogP contribution in [0.5, 0.6) is 0 Å². The van der Waals surface area contributed by atoms with E-state index in [1.807, 2.05) is 13.8 Å². The fourth-order valence-corrected chi connectivity index (χ4v) is 1.70. The Bertz CT molecular complexity index is 160. The van der Waals surface area contributed by atoms with Gasteiger partial charge in [0.05, 0.1) is 0 Å². The molecular formula is C9H19NO2S. The Hall–Kier alpha value is -0.220. The minimum Gasteiger partial charge on any atom is -0.480 e. The van der Waals surface area contributed by atoms with Gasteiger partial charge < -0.3 is 10.4 Å². The van der Waals surface area contributed by atoms with Crippen LogP contribution >= 0.6 is 11.8 Å². The number of carboxylic acid groups (broad SMARTS) is 1. The van der Waals surface area contributed by atoms with Crippen molar-refractivity contribution < 1.29 is 9.90 Å². The molecule has 1 atom stereocenters. The van der Waals surface area contributed by atoms with Crippen LogP contribution < -0.4 is 5.32 Å². The molecule has 0 amide bonds. The van der Waals surface area contributed by atoms with Crippen molar-refractivity contribution >= 4 is 17.7 Å². The molecule has 0 aliphatic rings. The van der Waals surface area contributed by atoms with Gasteiger partial charge in [-0.3, -0.25) is 4.79 Å². The Morgan fingerprint density at radius 1 is 1.38 bits per heavy atom. The first-order valence-corrected chi connectivity index (χ1v) is 5.58. The molecule has 3 nitrogen and oxygen atoms in total. The number of rotatable bonds is 6. The average molecular weight is 205 g/mol. The Kier molecular flexibility index (Phi) is 6.16. The zero-order chi connectivity index (χ0) is 10.4. The molecule has 0 fully saturated rings. The monoisotopic (exact) mass is 205 g/mol. The summed E-state index contributed by atoms with van der Waals surface area (Å²) in [4.78, 5) is 10.8. The Balaban J connectivity index is 3.88. The average Bonchev–Trinajstić information content (AvgIpc) is 1.96. The van der Waals surface area contributed by atoms with Crippen molar-refractivity contribution in [2.75, 3.05) is 5.75 Å². The maximum absolute atomic E-state index is 10.8. The second-order valence-corrected chi connectivity index (χ2v) is 5.20. The van der Waals surface area contributed by atoms with Crippen molar-refractivity contribution in [1.29, 1.82) is 0 Å². The van der Waals surface area contributed by atoms with Crippen molar-refractivity contribution in [3.63, 3.8) is 0 Å². The molecule has 1 unspecified atom stereocenters. The zero-order valence-corrected chi connectivity index (χ0v) is 9.52. The molecule has 2 N–H and O–H groups in total. The van der Waals surface area contributed by atoms with Gasteiger partial charge in [0, 0.05) is 11.8 Å². The molecule has 0 aliphatic carbocycles. The molecule has 0 bridgehead atoms. The zero-order valence-electron chi connectivity index (χ0n) is 8.70. The van der Waals surface area contributed by atoms with E-state index >= 15 is 0 Å². The maximum Gasteiger partial charge on any atom is 0.321 e. The molecule has 0 aromatic carbocycles. The van der Waals surface area contributed by atoms with E-state index in [0.29, 0.717) is 11.0 Å². The lowest BCUT2D eigenvalue weighted by Gasteiger charge is -2.17. The SMILES string of the molecule is CC(C)NC(CSC(C)C)C(=O)O. The summed E-state index contributed by atoms with van der Waals surface area (Å²) in [5.74, 6) is -0.132. The smallest absolute Gasteiger partial charge is 0.321 e. The minimum absolute atomic E-state index is 0.217. The highest BCUT2D eigenvalue weighted by Crippen LogP contribution is 2.10. The first-order chi connectivity index (χ1) is 5.93. The van der Waals surface area contributed by atoms with Gasteiger partial charge in [-0.2, -0.15) is 11.8 Å². The largest absolute Gasteiger partial charge is 0.480 e. The third-order valence-corrected chi connectivity index (χ3v) is 2.62. The number of hydrogen-bond acceptors (Lipinski definition) is 3. The normalized spacial score (nSPS) is 13.7. The molecule has 0 rings (SSSR count). The van der Waals surface area contributed by atoms with Gasteiger partial charge in [-0.05, 0) is 5.25 Å². The molecule has 0 aliphatic heterocycles. The van der Waals surface area contributed by atoms with E-state index < -0.39 is 12.0 Å². The summed E-state index contributed by atoms with van der Waals surface area (Å²) in [5, 5.41) is 12.4. The van der Waals surface area contributed by atoms with Crippen LogP contribution in [-0.2, 0) is 4.79 Å². The summed E-state index contributed by atoms with van der Waals surface area (Å²) in [6.07, 6.45) is 0. The molecule has 0 heterocycles. The Morgan fingerprint density at radius 3 is 2.23 bits per heavy atom. The number of carboxylic acids is 1. The van der Waals surface area contributed by atoms with Crippen LogP contribution in [0.1, 0.15) is 27.7 Å². The number of thioether (sulfide) groups is 1. The predicted molar refractivity (Wildman–Crippen MR) is 57.3 cm³/mol. The summed E-state index contributed by atoms with van der Waals surface area (Å²) in [6, 6.07) is -0.207. The van der Waals surface area contributed by atoms with Gasteiger partial charge in [-0.15, -0.1) is 0 Å². The van der Waals surface area contributed by atoms with Gasteiger partial charge in [0.2, 0.25) is 0 Å². The maximum atomic E-state index is 10.8. The van der Waals surface area contributed by atoms with Gasteiger partial charge in [0.15, 0.2) is 0 Å². The molecule has 0 saturated carbocycles. The summed E-state index contributed by atoms with van der Waals surface area (Å²) in [7, 11) is 0. The fourth-order valence-electron chi connectivity index (χ4n) is 0.882. The summed E-state index contributed by atoms with van der Waals surface area (Å²) >= 11 is 1.67. The van der Waals surface area contributed by atoms with Gasteiger partial charge in [0.25, 0.3) is 0 Å². The van der Waals surface area contributed by atoms with E-state index in [-0.39, 0.29) is 6.04 Å². The van der Waals surface area contributed by atoms with E-state index in [0.717, 1.165) is 0 Å². The van der Waals surface area contributed by atoms with Crippen LogP contribution in [0, 0.1) is 0 Å². The van der Waals surface area contributed by atoms with Crippen LogP contribution in [0.2, 0.25) is 0 Å². The number of carbonyl (C=O) groups is 1. The molecule has 0 saturated heterocycles. The highest BCUT2D eigenvalue weighted by atomic mass is 32.2. The summed E-state index contributed by atoms with van der Waals surface area (Å²) < 4.78 is 0. The predicted octanol–water partition coefficient (Wildman–Crippen LogP) is 1.58. The molecule has 0 aromatic heterocycles. The Labute approximate surface area is 84.3 Å². The molecular weight excluding hydrogens is 186 g/mol. The van der Waals surface area contributed by atoms with Crippen LogP contribution in [0.4, 0.5) is 0 Å². The Morgan fingerprint density at radius 2 is 1.92 bits per heavy atom. The lowest BCUT2D eigenvalue weighted by molar-refractivity contribution is -0.139. The van der Waals surface area contributed by atoms with Gasteiger partial charge in [-0.25, -0.2) is 0 Å². The number of nitrogens with one attached hydrogen (secondary N) is 1. The highest BCUT2D eigenvalue weighted by Gasteiger charge is 2.18. The van der Waals surface area contributed by atoms with Crippen molar-refractivity contribution in [1.82, 2.24) is 5.32 Å². The van der Waals surface area contributed by atoms with E-state index in [2.05, 4.69) is 19.2 Å². The third kappa shape index (κ3) is 6.90. The van der Waals surface area contributed by atoms with Crippen LogP contribution in [0.3, 0.4) is 0 Å². The second kappa shape index (κ2) is 6.27. The third-order valence-electron chi connectivity index (χ3n) is 1.43. The topological polar surface area (TPSA) is 49.3 Å². The van der Waals surface area contributed by atoms with Crippen LogP contribution in [0.15, 0.2) is 0 Å². The number of aliphatic carboxylic acids is 1. The van der Waals surface area contributed by atoms with Crippen LogP contribution in [0.25, 0.3) is 0 Å². The summed E-state index contributed by atoms with van der Waals surface area (Å²) in [6.45, 7) is 8.05. The quantitative estimate of drug-likeness (QED) is 0.691. The molecule has 13 heavy (non-hydrogen) atoms. The lowest BCUT2D eigenvalue weighted by Crippen LogP contribution is -2.42. The molecule has 0 spiro atoms. The van der Waals surface area contributed by atoms with E-state index in [4.69, 9.17) is 5.11 Å². The second-order valence-electron chi connectivity index (χ2n) is 3.59. The van der Waals surface area contributed by atoms with Gasteiger partial charge in [0.1, 0.15) is 6.04 Å². The fraction of sp³-hybridized carbons (Fsp3) is 0.889. The molecule has 0 aromatic rings. The van der Waals surface area contributed by atoms with Gasteiger partial charge in [-0.1, -0.05) is 27.7 Å². The standard InChI is InChI=1S/C9H19NO2S/c1-6(2)10-8(9(11)12)5-13-7(3)4/h6-8,10H,5H2,1-4H3,(H,11,12). The van der Waals surface area contributed by atoms with E-state index in [1.54, 1.807) is 11.8 Å². The van der Waals surface area contributed by atoms with Crippen molar-refractivity contribution in [3.05, 3.63) is 0 Å². The van der Waals surface area contributed by atoms with Crippen LogP contribution in [-0.4, -0.2) is 34.2 Å². The van der Waals surface area contributed by atoms with Crippen molar-refractivity contribution in [3.8, 4) is 0 Å². The molecule has 4 heteroatoms. The molecule has 0 radical (unpaired) electrons. The van der Waals surface area contributed by atoms with E-state index in [9.17, 15) is 4.79 Å². The minimum atomic E-state index is -0.762. The lowest BCUT2D eigenvalue weighted by atomic mass is 10.3. The van der Waals surface area contributed by atoms with Crippen molar-refractivity contribution in [2.24, 2.45) is 0 Å². The van der Waals surface area contributed by atoms with E-state index in [1.165, 1.54) is 0 Å². The first kappa shape index (κ1) is 12.8. The summed E-state index contributed by atoms with van der Waals surface area (Å²) in [5.41, 5.74) is 0. The number of hydrogen-bond donors (Lipinski definition) is 2. The highest BCUT2D eigenvalue weighted by molar-refractivity contribution is 7.99.